The van der Waals surface area contributed by atoms with Crippen molar-refractivity contribution >= 4 is 5.91 Å². The van der Waals surface area contributed by atoms with Gasteiger partial charge < -0.3 is 10.6 Å². The van der Waals surface area contributed by atoms with E-state index in [-0.39, 0.29) is 12.0 Å². The molecule has 3 nitrogen and oxygen atoms in total. The summed E-state index contributed by atoms with van der Waals surface area (Å²) < 4.78 is 0. The molecule has 2 fully saturated rings. The standard InChI is InChI=1S/C13H24N2O/c1-9-5-3-7-11(12(9)14)13(16)15-8-4-6-10(15)2/h9-12H,3-8,14H2,1-2H3. The predicted molar refractivity (Wildman–Crippen MR) is 64.9 cm³/mol. The van der Waals surface area contributed by atoms with Gasteiger partial charge in [0.1, 0.15) is 0 Å². The molecule has 16 heavy (non-hydrogen) atoms. The summed E-state index contributed by atoms with van der Waals surface area (Å²) in [5.41, 5.74) is 6.19. The van der Waals surface area contributed by atoms with Gasteiger partial charge in [0.2, 0.25) is 5.91 Å². The Morgan fingerprint density at radius 1 is 1.19 bits per heavy atom. The van der Waals surface area contributed by atoms with Gasteiger partial charge >= 0.3 is 0 Å². The van der Waals surface area contributed by atoms with Crippen molar-refractivity contribution in [3.05, 3.63) is 0 Å². The fourth-order valence-electron chi connectivity index (χ4n) is 3.20. The highest BCUT2D eigenvalue weighted by Gasteiger charge is 2.37. The van der Waals surface area contributed by atoms with Crippen LogP contribution < -0.4 is 5.73 Å². The Bertz CT molecular complexity index is 267. The molecule has 0 bridgehead atoms. The third kappa shape index (κ3) is 2.10. The summed E-state index contributed by atoms with van der Waals surface area (Å²) in [6.07, 6.45) is 5.65. The fourth-order valence-corrected chi connectivity index (χ4v) is 3.20. The number of nitrogens with zero attached hydrogens (tertiary/aromatic N) is 1. The molecule has 2 aliphatic rings. The summed E-state index contributed by atoms with van der Waals surface area (Å²) >= 11 is 0. The highest BCUT2D eigenvalue weighted by molar-refractivity contribution is 5.80. The van der Waals surface area contributed by atoms with E-state index in [1.54, 1.807) is 0 Å². The van der Waals surface area contributed by atoms with Crippen molar-refractivity contribution in [2.24, 2.45) is 17.6 Å². The quantitative estimate of drug-likeness (QED) is 0.737. The zero-order chi connectivity index (χ0) is 11.7. The van der Waals surface area contributed by atoms with Crippen LogP contribution in [0.5, 0.6) is 0 Å². The van der Waals surface area contributed by atoms with Crippen LogP contribution in [0, 0.1) is 11.8 Å². The average Bonchev–Trinajstić information content (AvgIpc) is 2.68. The van der Waals surface area contributed by atoms with E-state index in [0.29, 0.717) is 17.9 Å². The molecule has 92 valence electrons. The van der Waals surface area contributed by atoms with Crippen LogP contribution in [0.2, 0.25) is 0 Å². The van der Waals surface area contributed by atoms with Crippen LogP contribution in [0.3, 0.4) is 0 Å². The fraction of sp³-hybridized carbons (Fsp3) is 0.923. The van der Waals surface area contributed by atoms with Crippen molar-refractivity contribution in [1.82, 2.24) is 4.90 Å². The zero-order valence-corrected chi connectivity index (χ0v) is 10.5. The number of hydrogen-bond donors (Lipinski definition) is 1. The molecule has 2 rings (SSSR count). The second kappa shape index (κ2) is 4.74. The minimum absolute atomic E-state index is 0.0778. The Morgan fingerprint density at radius 2 is 1.94 bits per heavy atom. The number of rotatable bonds is 1. The van der Waals surface area contributed by atoms with E-state index in [1.165, 1.54) is 6.42 Å². The molecule has 1 saturated carbocycles. The van der Waals surface area contributed by atoms with Gasteiger partial charge in [-0.15, -0.1) is 0 Å². The third-order valence-electron chi connectivity index (χ3n) is 4.45. The van der Waals surface area contributed by atoms with Crippen LogP contribution in [0.4, 0.5) is 0 Å². The summed E-state index contributed by atoms with van der Waals surface area (Å²) in [5.74, 6) is 0.911. The largest absolute Gasteiger partial charge is 0.340 e. The minimum Gasteiger partial charge on any atom is -0.340 e. The molecule has 0 spiro atoms. The first kappa shape index (κ1) is 11.9. The molecule has 1 amide bonds. The molecule has 3 heteroatoms. The Balaban J connectivity index is 2.03. The molecule has 1 aliphatic carbocycles. The van der Waals surface area contributed by atoms with Crippen molar-refractivity contribution in [1.29, 1.82) is 0 Å². The van der Waals surface area contributed by atoms with Crippen molar-refractivity contribution in [3.63, 3.8) is 0 Å². The molecule has 2 N–H and O–H groups in total. The molecule has 4 unspecified atom stereocenters. The van der Waals surface area contributed by atoms with Gasteiger partial charge in [0.05, 0.1) is 5.92 Å². The van der Waals surface area contributed by atoms with Crippen molar-refractivity contribution in [2.75, 3.05) is 6.54 Å². The number of nitrogens with two attached hydrogens (primary N) is 1. The van der Waals surface area contributed by atoms with Crippen molar-refractivity contribution < 1.29 is 4.79 Å². The molecule has 0 aromatic rings. The van der Waals surface area contributed by atoms with Crippen LogP contribution >= 0.6 is 0 Å². The SMILES string of the molecule is CC1CCCC(C(=O)N2CCCC2C)C1N. The lowest BCUT2D eigenvalue weighted by molar-refractivity contribution is -0.138. The molecule has 4 atom stereocenters. The number of amides is 1. The highest BCUT2D eigenvalue weighted by Crippen LogP contribution is 2.31. The lowest BCUT2D eigenvalue weighted by atomic mass is 9.77. The monoisotopic (exact) mass is 224 g/mol. The number of hydrogen-bond acceptors (Lipinski definition) is 2. The molecule has 1 heterocycles. The van der Waals surface area contributed by atoms with Gasteiger partial charge in [-0.3, -0.25) is 4.79 Å². The van der Waals surface area contributed by atoms with Gasteiger partial charge in [0, 0.05) is 18.6 Å². The van der Waals surface area contributed by atoms with Crippen LogP contribution in [-0.4, -0.2) is 29.4 Å². The van der Waals surface area contributed by atoms with Crippen LogP contribution in [0.25, 0.3) is 0 Å². The minimum atomic E-state index is 0.0778. The van der Waals surface area contributed by atoms with Gasteiger partial charge in [-0.25, -0.2) is 0 Å². The zero-order valence-electron chi connectivity index (χ0n) is 10.5. The Morgan fingerprint density at radius 3 is 2.56 bits per heavy atom. The van der Waals surface area contributed by atoms with Crippen LogP contribution in [0.15, 0.2) is 0 Å². The molecular weight excluding hydrogens is 200 g/mol. The molecule has 1 saturated heterocycles. The number of likely N-dealkylation sites (tertiary alicyclic amines) is 1. The molecule has 1 aliphatic heterocycles. The highest BCUT2D eigenvalue weighted by atomic mass is 16.2. The third-order valence-corrected chi connectivity index (χ3v) is 4.45. The number of carbonyl (C=O) groups is 1. The summed E-state index contributed by atoms with van der Waals surface area (Å²) in [4.78, 5) is 14.5. The van der Waals surface area contributed by atoms with Crippen molar-refractivity contribution in [3.8, 4) is 0 Å². The van der Waals surface area contributed by atoms with E-state index in [4.69, 9.17) is 5.73 Å². The normalized spacial score (nSPS) is 40.1. The summed E-state index contributed by atoms with van der Waals surface area (Å²) in [7, 11) is 0. The smallest absolute Gasteiger partial charge is 0.227 e. The molecule has 0 aromatic carbocycles. The lowest BCUT2D eigenvalue weighted by Crippen LogP contribution is -2.49. The number of carbonyl (C=O) groups excluding carboxylic acids is 1. The van der Waals surface area contributed by atoms with Crippen molar-refractivity contribution in [2.45, 2.75) is 58.0 Å². The summed E-state index contributed by atoms with van der Waals surface area (Å²) in [6.45, 7) is 5.28. The van der Waals surface area contributed by atoms with Gasteiger partial charge in [-0.1, -0.05) is 13.3 Å². The lowest BCUT2D eigenvalue weighted by Gasteiger charge is -2.36. The molecular formula is C13H24N2O. The van der Waals surface area contributed by atoms with Gasteiger partial charge in [-0.05, 0) is 38.5 Å². The second-order valence-corrected chi connectivity index (χ2v) is 5.61. The van der Waals surface area contributed by atoms with E-state index in [0.717, 1.165) is 32.2 Å². The maximum atomic E-state index is 12.4. The first-order valence-electron chi connectivity index (χ1n) is 6.67. The van der Waals surface area contributed by atoms with Crippen LogP contribution in [-0.2, 0) is 4.79 Å². The molecule has 0 aromatic heterocycles. The van der Waals surface area contributed by atoms with Gasteiger partial charge in [0.25, 0.3) is 0 Å². The summed E-state index contributed by atoms with van der Waals surface area (Å²) in [5, 5.41) is 0. The van der Waals surface area contributed by atoms with E-state index in [1.807, 2.05) is 0 Å². The predicted octanol–water partition coefficient (Wildman–Crippen LogP) is 1.76. The van der Waals surface area contributed by atoms with E-state index in [9.17, 15) is 4.79 Å². The maximum absolute atomic E-state index is 12.4. The Hall–Kier alpha value is -0.570. The molecule has 0 radical (unpaired) electrons. The van der Waals surface area contributed by atoms with Gasteiger partial charge in [0.15, 0.2) is 0 Å². The maximum Gasteiger partial charge on any atom is 0.227 e. The second-order valence-electron chi connectivity index (χ2n) is 5.61. The summed E-state index contributed by atoms with van der Waals surface area (Å²) in [6, 6.07) is 0.506. The van der Waals surface area contributed by atoms with E-state index >= 15 is 0 Å². The Kier molecular flexibility index (Phi) is 3.53. The topological polar surface area (TPSA) is 46.3 Å². The first-order valence-corrected chi connectivity index (χ1v) is 6.67. The van der Waals surface area contributed by atoms with E-state index in [2.05, 4.69) is 18.7 Å². The van der Waals surface area contributed by atoms with Gasteiger partial charge in [-0.2, -0.15) is 0 Å². The van der Waals surface area contributed by atoms with E-state index < -0.39 is 0 Å². The average molecular weight is 224 g/mol. The van der Waals surface area contributed by atoms with Crippen LogP contribution in [0.1, 0.15) is 46.0 Å². The Labute approximate surface area is 98.4 Å². The first-order chi connectivity index (χ1) is 7.61.